The van der Waals surface area contributed by atoms with Crippen LogP contribution in [-0.4, -0.2) is 36.4 Å². The summed E-state index contributed by atoms with van der Waals surface area (Å²) in [5, 5.41) is 13.4. The van der Waals surface area contributed by atoms with Crippen LogP contribution in [0.15, 0.2) is 48.5 Å². The molecule has 0 aliphatic rings. The highest BCUT2D eigenvalue weighted by molar-refractivity contribution is 5.92. The molecule has 0 aliphatic heterocycles. The molecule has 0 saturated carbocycles. The van der Waals surface area contributed by atoms with Crippen LogP contribution in [0.3, 0.4) is 0 Å². The number of benzene rings is 2. The molecule has 7 nitrogen and oxygen atoms in total. The van der Waals surface area contributed by atoms with E-state index in [1.807, 2.05) is 36.2 Å². The molecule has 126 valence electrons. The second kappa shape index (κ2) is 8.07. The van der Waals surface area contributed by atoms with Crippen molar-refractivity contribution in [2.75, 3.05) is 26.0 Å². The van der Waals surface area contributed by atoms with Gasteiger partial charge in [-0.05, 0) is 30.8 Å². The minimum atomic E-state index is -0.495. The van der Waals surface area contributed by atoms with Crippen LogP contribution in [0.2, 0.25) is 0 Å². The second-order valence-electron chi connectivity index (χ2n) is 5.38. The van der Waals surface area contributed by atoms with Gasteiger partial charge in [0.05, 0.1) is 18.6 Å². The summed E-state index contributed by atoms with van der Waals surface area (Å²) < 4.78 is 5.11. The van der Waals surface area contributed by atoms with E-state index in [9.17, 15) is 14.9 Å². The molecule has 0 saturated heterocycles. The van der Waals surface area contributed by atoms with Crippen molar-refractivity contribution in [3.05, 3.63) is 64.2 Å². The highest BCUT2D eigenvalue weighted by Crippen LogP contribution is 2.17. The third-order valence-electron chi connectivity index (χ3n) is 3.37. The van der Waals surface area contributed by atoms with Gasteiger partial charge in [0.1, 0.15) is 5.75 Å². The lowest BCUT2D eigenvalue weighted by molar-refractivity contribution is -0.384. The molecule has 2 aromatic carbocycles. The molecule has 1 N–H and O–H groups in total. The van der Waals surface area contributed by atoms with Crippen LogP contribution in [0.1, 0.15) is 5.56 Å². The molecule has 0 aliphatic carbocycles. The third-order valence-corrected chi connectivity index (χ3v) is 3.37. The lowest BCUT2D eigenvalue weighted by atomic mass is 10.2. The Balaban J connectivity index is 1.89. The minimum Gasteiger partial charge on any atom is -0.497 e. The van der Waals surface area contributed by atoms with Crippen LogP contribution in [-0.2, 0) is 11.3 Å². The molecule has 0 aromatic heterocycles. The van der Waals surface area contributed by atoms with Gasteiger partial charge >= 0.3 is 0 Å². The van der Waals surface area contributed by atoms with Crippen molar-refractivity contribution < 1.29 is 14.5 Å². The number of methoxy groups -OCH3 is 1. The van der Waals surface area contributed by atoms with Gasteiger partial charge in [0.2, 0.25) is 5.91 Å². The van der Waals surface area contributed by atoms with Crippen LogP contribution in [0, 0.1) is 10.1 Å². The fourth-order valence-electron chi connectivity index (χ4n) is 2.24. The number of nitro benzene ring substituents is 1. The van der Waals surface area contributed by atoms with Crippen molar-refractivity contribution in [2.45, 2.75) is 6.54 Å². The van der Waals surface area contributed by atoms with Gasteiger partial charge in [-0.15, -0.1) is 0 Å². The van der Waals surface area contributed by atoms with Crippen molar-refractivity contribution in [2.24, 2.45) is 0 Å². The van der Waals surface area contributed by atoms with E-state index in [1.54, 1.807) is 13.2 Å². The summed E-state index contributed by atoms with van der Waals surface area (Å²) in [4.78, 5) is 24.2. The Labute approximate surface area is 140 Å². The van der Waals surface area contributed by atoms with Gasteiger partial charge in [-0.2, -0.15) is 0 Å². The minimum absolute atomic E-state index is 0.0561. The molecular weight excluding hydrogens is 310 g/mol. The molecule has 0 fully saturated rings. The molecule has 0 radical (unpaired) electrons. The molecule has 7 heteroatoms. The highest BCUT2D eigenvalue weighted by atomic mass is 16.6. The molecule has 0 unspecified atom stereocenters. The lowest BCUT2D eigenvalue weighted by Gasteiger charge is -2.16. The first kappa shape index (κ1) is 17.4. The number of rotatable bonds is 7. The van der Waals surface area contributed by atoms with E-state index < -0.39 is 4.92 Å². The van der Waals surface area contributed by atoms with E-state index in [0.717, 1.165) is 11.3 Å². The number of likely N-dealkylation sites (N-methyl/N-ethyl adjacent to an activating group) is 1. The predicted molar refractivity (Wildman–Crippen MR) is 91.1 cm³/mol. The summed E-state index contributed by atoms with van der Waals surface area (Å²) in [6.45, 7) is 0.779. The zero-order chi connectivity index (χ0) is 17.5. The van der Waals surface area contributed by atoms with E-state index in [4.69, 9.17) is 4.74 Å². The van der Waals surface area contributed by atoms with Gasteiger partial charge in [-0.25, -0.2) is 0 Å². The number of amides is 1. The van der Waals surface area contributed by atoms with Gasteiger partial charge in [0.25, 0.3) is 5.69 Å². The average molecular weight is 329 g/mol. The van der Waals surface area contributed by atoms with Crippen molar-refractivity contribution in [1.82, 2.24) is 4.90 Å². The van der Waals surface area contributed by atoms with E-state index in [2.05, 4.69) is 5.32 Å². The maximum Gasteiger partial charge on any atom is 0.271 e. The Kier molecular flexibility index (Phi) is 5.86. The third kappa shape index (κ3) is 5.06. The Morgan fingerprint density at radius 2 is 1.96 bits per heavy atom. The summed E-state index contributed by atoms with van der Waals surface area (Å²) in [6, 6.07) is 13.5. The first-order chi connectivity index (χ1) is 11.5. The smallest absolute Gasteiger partial charge is 0.271 e. The number of nitrogens with zero attached hydrogens (tertiary/aromatic N) is 2. The summed E-state index contributed by atoms with van der Waals surface area (Å²) in [5.74, 6) is 0.552. The number of carbonyl (C=O) groups is 1. The molecular formula is C17H19N3O4. The Bertz CT molecular complexity index is 716. The second-order valence-corrected chi connectivity index (χ2v) is 5.38. The molecule has 0 heterocycles. The Morgan fingerprint density at radius 1 is 1.25 bits per heavy atom. The number of ether oxygens (including phenoxy) is 1. The van der Waals surface area contributed by atoms with Crippen LogP contribution in [0.25, 0.3) is 0 Å². The normalized spacial score (nSPS) is 10.5. The number of anilines is 1. The Morgan fingerprint density at radius 3 is 2.58 bits per heavy atom. The number of carbonyl (C=O) groups excluding carboxylic acids is 1. The van der Waals surface area contributed by atoms with Crippen molar-refractivity contribution in [3.63, 3.8) is 0 Å². The standard InChI is InChI=1S/C17H19N3O4/c1-19(11-13-6-8-16(24-2)9-7-13)12-17(21)18-14-4-3-5-15(10-14)20(22)23/h3-10H,11-12H2,1-2H3,(H,18,21). The fourth-order valence-corrected chi connectivity index (χ4v) is 2.24. The topological polar surface area (TPSA) is 84.7 Å². The summed E-state index contributed by atoms with van der Waals surface area (Å²) in [7, 11) is 3.44. The molecule has 0 bridgehead atoms. The fraction of sp³-hybridized carbons (Fsp3) is 0.235. The SMILES string of the molecule is COc1ccc(CN(C)CC(=O)Nc2cccc([N+](=O)[O-])c2)cc1. The van der Waals surface area contributed by atoms with Crippen LogP contribution >= 0.6 is 0 Å². The molecule has 2 aromatic rings. The van der Waals surface area contributed by atoms with Crippen molar-refractivity contribution in [3.8, 4) is 5.75 Å². The first-order valence-electron chi connectivity index (χ1n) is 7.33. The summed E-state index contributed by atoms with van der Waals surface area (Å²) in [5.41, 5.74) is 1.41. The van der Waals surface area contributed by atoms with E-state index in [-0.39, 0.29) is 18.1 Å². The van der Waals surface area contributed by atoms with Gasteiger partial charge in [-0.1, -0.05) is 18.2 Å². The van der Waals surface area contributed by atoms with Gasteiger partial charge in [0, 0.05) is 24.4 Å². The predicted octanol–water partition coefficient (Wildman–Crippen LogP) is 2.67. The number of nitro groups is 1. The number of non-ortho nitro benzene ring substituents is 1. The summed E-state index contributed by atoms with van der Waals surface area (Å²) in [6.07, 6.45) is 0. The first-order valence-corrected chi connectivity index (χ1v) is 7.33. The van der Waals surface area contributed by atoms with E-state index >= 15 is 0 Å². The van der Waals surface area contributed by atoms with Crippen LogP contribution in [0.5, 0.6) is 5.75 Å². The Hall–Kier alpha value is -2.93. The zero-order valence-electron chi connectivity index (χ0n) is 13.6. The van der Waals surface area contributed by atoms with Crippen LogP contribution < -0.4 is 10.1 Å². The van der Waals surface area contributed by atoms with Gasteiger partial charge in [0.15, 0.2) is 0 Å². The molecule has 2 rings (SSSR count). The highest BCUT2D eigenvalue weighted by Gasteiger charge is 2.10. The molecule has 0 spiro atoms. The molecule has 24 heavy (non-hydrogen) atoms. The largest absolute Gasteiger partial charge is 0.497 e. The average Bonchev–Trinajstić information content (AvgIpc) is 2.55. The van der Waals surface area contributed by atoms with E-state index in [0.29, 0.717) is 12.2 Å². The zero-order valence-corrected chi connectivity index (χ0v) is 13.6. The lowest BCUT2D eigenvalue weighted by Crippen LogP contribution is -2.29. The maximum atomic E-state index is 12.1. The van der Waals surface area contributed by atoms with Crippen LogP contribution in [0.4, 0.5) is 11.4 Å². The number of hydrogen-bond donors (Lipinski definition) is 1. The van der Waals surface area contributed by atoms with Gasteiger partial charge in [-0.3, -0.25) is 19.8 Å². The van der Waals surface area contributed by atoms with Crippen molar-refractivity contribution >= 4 is 17.3 Å². The molecule has 0 atom stereocenters. The maximum absolute atomic E-state index is 12.1. The molecule has 1 amide bonds. The number of hydrogen-bond acceptors (Lipinski definition) is 5. The monoisotopic (exact) mass is 329 g/mol. The van der Waals surface area contributed by atoms with Gasteiger partial charge < -0.3 is 10.1 Å². The quantitative estimate of drug-likeness (QED) is 0.623. The number of nitrogens with one attached hydrogen (secondary N) is 1. The summed E-state index contributed by atoms with van der Waals surface area (Å²) >= 11 is 0. The van der Waals surface area contributed by atoms with Crippen molar-refractivity contribution in [1.29, 1.82) is 0 Å². The van der Waals surface area contributed by atoms with E-state index in [1.165, 1.54) is 18.2 Å².